The number of amides is 2. The fourth-order valence-electron chi connectivity index (χ4n) is 4.97. The summed E-state index contributed by atoms with van der Waals surface area (Å²) in [6.07, 6.45) is 2.40. The summed E-state index contributed by atoms with van der Waals surface area (Å²) in [5, 5.41) is 15.7. The number of methoxy groups -OCH3 is 2. The normalized spacial score (nSPS) is 21.7. The van der Waals surface area contributed by atoms with Crippen LogP contribution in [0.5, 0.6) is 11.5 Å². The number of ether oxygens (including phenoxy) is 2. The molecule has 2 unspecified atom stereocenters. The topological polar surface area (TPSA) is 115 Å². The van der Waals surface area contributed by atoms with Crippen molar-refractivity contribution >= 4 is 18.9 Å². The maximum atomic E-state index is 13.2. The highest BCUT2D eigenvalue weighted by atomic mass is 16.7. The smallest absolute Gasteiger partial charge is 0.481 e. The van der Waals surface area contributed by atoms with Crippen LogP contribution in [0.1, 0.15) is 65.5 Å². The molecule has 1 aliphatic heterocycles. The first-order valence-electron chi connectivity index (χ1n) is 13.1. The third-order valence-electron chi connectivity index (χ3n) is 7.79. The zero-order valence-electron chi connectivity index (χ0n) is 23.5. The molecule has 1 fully saturated rings. The quantitative estimate of drug-likeness (QED) is 0.408. The lowest BCUT2D eigenvalue weighted by molar-refractivity contribution is -0.132. The summed E-state index contributed by atoms with van der Waals surface area (Å²) in [5.74, 6) is 0.170. The van der Waals surface area contributed by atoms with Crippen molar-refractivity contribution in [2.45, 2.75) is 90.4 Å². The molecule has 0 aromatic heterocycles. The van der Waals surface area contributed by atoms with Crippen molar-refractivity contribution in [2.24, 2.45) is 11.8 Å². The largest absolute Gasteiger partial charge is 0.493 e. The molecule has 1 heterocycles. The van der Waals surface area contributed by atoms with Gasteiger partial charge in [-0.15, -0.1) is 0 Å². The molecular weight excluding hydrogens is 475 g/mol. The van der Waals surface area contributed by atoms with Crippen molar-refractivity contribution < 1.29 is 33.5 Å². The molecule has 3 rings (SSSR count). The van der Waals surface area contributed by atoms with Crippen LogP contribution in [0.4, 0.5) is 0 Å². The molecule has 206 valence electrons. The lowest BCUT2D eigenvalue weighted by atomic mass is 9.74. The minimum Gasteiger partial charge on any atom is -0.493 e. The summed E-state index contributed by atoms with van der Waals surface area (Å²) in [7, 11) is 2.58. The summed E-state index contributed by atoms with van der Waals surface area (Å²) in [5.41, 5.74) is 0.992. The summed E-state index contributed by atoms with van der Waals surface area (Å²) in [6.45, 7) is 11.5. The van der Waals surface area contributed by atoms with E-state index in [-0.39, 0.29) is 17.7 Å². The van der Waals surface area contributed by atoms with E-state index in [1.807, 2.05) is 39.8 Å². The van der Waals surface area contributed by atoms with E-state index in [1.54, 1.807) is 14.2 Å². The first-order chi connectivity index (χ1) is 17.3. The molecule has 0 saturated carbocycles. The standard InChI is InChI=1S/C27H43BN2O7/c1-16(2)13-22(28-36-26(3,4)27(5,6)37-28)30-25(33)20(15-31)29-24(32)18-9-11-19-17(14-18)10-12-21(34-7)23(19)35-8/h10,12,16,18,20,22,31H,9,11,13-15H2,1-8H3,(H,29,32)(H,30,33)/t18?,20-,22?/m0/s1. The van der Waals surface area contributed by atoms with Crippen molar-refractivity contribution in [3.05, 3.63) is 23.3 Å². The van der Waals surface area contributed by atoms with E-state index in [4.69, 9.17) is 18.8 Å². The average Bonchev–Trinajstić information content (AvgIpc) is 3.06. The Kier molecular flexibility index (Phi) is 9.19. The zero-order chi connectivity index (χ0) is 27.5. The molecule has 0 radical (unpaired) electrons. The first-order valence-corrected chi connectivity index (χ1v) is 13.1. The fourth-order valence-corrected chi connectivity index (χ4v) is 4.97. The van der Waals surface area contributed by atoms with Gasteiger partial charge >= 0.3 is 7.12 Å². The Hall–Kier alpha value is -2.30. The lowest BCUT2D eigenvalue weighted by Gasteiger charge is -2.32. The van der Waals surface area contributed by atoms with Crippen LogP contribution in [-0.2, 0) is 31.7 Å². The molecule has 10 heteroatoms. The van der Waals surface area contributed by atoms with Crippen LogP contribution in [0.3, 0.4) is 0 Å². The number of hydrogen-bond donors (Lipinski definition) is 3. The van der Waals surface area contributed by atoms with Crippen LogP contribution in [0.25, 0.3) is 0 Å². The first kappa shape index (κ1) is 29.3. The van der Waals surface area contributed by atoms with Gasteiger partial charge in [-0.05, 0) is 70.9 Å². The minimum absolute atomic E-state index is 0.259. The van der Waals surface area contributed by atoms with E-state index in [9.17, 15) is 14.7 Å². The van der Waals surface area contributed by atoms with Gasteiger partial charge in [-0.3, -0.25) is 9.59 Å². The molecular formula is C27H43BN2O7. The van der Waals surface area contributed by atoms with Crippen LogP contribution >= 0.6 is 0 Å². The van der Waals surface area contributed by atoms with E-state index in [2.05, 4.69) is 24.5 Å². The Morgan fingerprint density at radius 3 is 2.30 bits per heavy atom. The highest BCUT2D eigenvalue weighted by Crippen LogP contribution is 2.39. The molecule has 0 bridgehead atoms. The number of aliphatic hydroxyl groups is 1. The molecule has 3 N–H and O–H groups in total. The highest BCUT2D eigenvalue weighted by Gasteiger charge is 2.54. The number of carbonyl (C=O) groups excluding carboxylic acids is 2. The van der Waals surface area contributed by atoms with Crippen LogP contribution in [0.15, 0.2) is 12.1 Å². The summed E-state index contributed by atoms with van der Waals surface area (Å²) in [6, 6.07) is 2.72. The number of aliphatic hydroxyl groups excluding tert-OH is 1. The molecule has 2 aliphatic rings. The zero-order valence-corrected chi connectivity index (χ0v) is 23.5. The fraction of sp³-hybridized carbons (Fsp3) is 0.704. The average molecular weight is 518 g/mol. The van der Waals surface area contributed by atoms with Gasteiger partial charge in [0.25, 0.3) is 0 Å². The van der Waals surface area contributed by atoms with E-state index < -0.39 is 42.8 Å². The lowest BCUT2D eigenvalue weighted by Crippen LogP contribution is -2.56. The van der Waals surface area contributed by atoms with Crippen molar-refractivity contribution in [2.75, 3.05) is 20.8 Å². The van der Waals surface area contributed by atoms with Gasteiger partial charge in [-0.1, -0.05) is 19.9 Å². The van der Waals surface area contributed by atoms with Gasteiger partial charge in [0.05, 0.1) is 38.0 Å². The monoisotopic (exact) mass is 518 g/mol. The molecule has 1 saturated heterocycles. The molecule has 0 spiro atoms. The third-order valence-corrected chi connectivity index (χ3v) is 7.79. The molecule has 3 atom stereocenters. The van der Waals surface area contributed by atoms with E-state index >= 15 is 0 Å². The van der Waals surface area contributed by atoms with E-state index in [1.165, 1.54) is 0 Å². The maximum absolute atomic E-state index is 13.2. The van der Waals surface area contributed by atoms with Gasteiger partial charge in [0.1, 0.15) is 6.04 Å². The predicted octanol–water partition coefficient (Wildman–Crippen LogP) is 2.45. The van der Waals surface area contributed by atoms with Gasteiger partial charge in [0, 0.05) is 11.5 Å². The number of fused-ring (bicyclic) bond motifs is 1. The Balaban J connectivity index is 1.67. The van der Waals surface area contributed by atoms with Crippen molar-refractivity contribution in [3.63, 3.8) is 0 Å². The Bertz CT molecular complexity index is 966. The number of rotatable bonds is 10. The minimum atomic E-state index is -1.07. The molecule has 2 amide bonds. The van der Waals surface area contributed by atoms with Crippen molar-refractivity contribution in [1.82, 2.24) is 10.6 Å². The van der Waals surface area contributed by atoms with Crippen molar-refractivity contribution in [3.8, 4) is 11.5 Å². The van der Waals surface area contributed by atoms with Crippen LogP contribution in [0.2, 0.25) is 0 Å². The van der Waals surface area contributed by atoms with Gasteiger partial charge in [0.15, 0.2) is 11.5 Å². The van der Waals surface area contributed by atoms with Gasteiger partial charge in [-0.2, -0.15) is 0 Å². The van der Waals surface area contributed by atoms with E-state index in [0.29, 0.717) is 37.2 Å². The SMILES string of the molecule is COc1ccc2c(c1OC)CCC(C(=O)N[C@@H](CO)C(=O)NC(CC(C)C)B1OC(C)(C)C(C)(C)O1)C2. The summed E-state index contributed by atoms with van der Waals surface area (Å²) >= 11 is 0. The highest BCUT2D eigenvalue weighted by molar-refractivity contribution is 6.48. The molecule has 9 nitrogen and oxygen atoms in total. The number of benzene rings is 1. The van der Waals surface area contributed by atoms with Crippen LogP contribution in [-0.4, -0.2) is 68.1 Å². The third kappa shape index (κ3) is 6.41. The number of hydrogen-bond acceptors (Lipinski definition) is 7. The molecule has 1 aliphatic carbocycles. The maximum Gasteiger partial charge on any atom is 0.481 e. The number of carbonyl (C=O) groups is 2. The molecule has 1 aromatic carbocycles. The Morgan fingerprint density at radius 2 is 1.76 bits per heavy atom. The van der Waals surface area contributed by atoms with Crippen LogP contribution in [0, 0.1) is 11.8 Å². The van der Waals surface area contributed by atoms with Crippen LogP contribution < -0.4 is 20.1 Å². The molecule has 1 aromatic rings. The summed E-state index contributed by atoms with van der Waals surface area (Å²) in [4.78, 5) is 26.3. The summed E-state index contributed by atoms with van der Waals surface area (Å²) < 4.78 is 23.3. The van der Waals surface area contributed by atoms with Crippen molar-refractivity contribution in [1.29, 1.82) is 0 Å². The van der Waals surface area contributed by atoms with E-state index in [0.717, 1.165) is 11.1 Å². The second-order valence-corrected chi connectivity index (χ2v) is 11.5. The number of nitrogens with one attached hydrogen (secondary N) is 2. The van der Waals surface area contributed by atoms with Gasteiger partial charge < -0.3 is 34.5 Å². The molecule has 37 heavy (non-hydrogen) atoms. The Morgan fingerprint density at radius 1 is 1.11 bits per heavy atom. The predicted molar refractivity (Wildman–Crippen MR) is 142 cm³/mol. The van der Waals surface area contributed by atoms with Gasteiger partial charge in [-0.25, -0.2) is 0 Å². The second kappa shape index (κ2) is 11.6. The van der Waals surface area contributed by atoms with Gasteiger partial charge in [0.2, 0.25) is 11.8 Å². The Labute approximate surface area is 221 Å². The second-order valence-electron chi connectivity index (χ2n) is 11.5.